The van der Waals surface area contributed by atoms with Crippen LogP contribution in [0.3, 0.4) is 0 Å². The van der Waals surface area contributed by atoms with E-state index in [2.05, 4.69) is 46.1 Å². The van der Waals surface area contributed by atoms with E-state index in [9.17, 15) is 9.18 Å². The number of aromatic nitrogens is 4. The maximum absolute atomic E-state index is 13.4. The van der Waals surface area contributed by atoms with Gasteiger partial charge < -0.3 is 24.9 Å². The largest absolute Gasteiger partial charge is 0.493 e. The molecule has 0 radical (unpaired) electrons. The number of rotatable bonds is 10. The van der Waals surface area contributed by atoms with Crippen molar-refractivity contribution in [2.45, 2.75) is 32.9 Å². The summed E-state index contributed by atoms with van der Waals surface area (Å²) in [7, 11) is 0. The van der Waals surface area contributed by atoms with Crippen LogP contribution in [0.15, 0.2) is 89.6 Å². The molecular weight excluding hydrogens is 531 g/mol. The number of imidazole rings is 1. The summed E-state index contributed by atoms with van der Waals surface area (Å²) < 4.78 is 21.4. The normalized spacial score (nSPS) is 13.2. The predicted octanol–water partition coefficient (Wildman–Crippen LogP) is 5.52. The van der Waals surface area contributed by atoms with Crippen molar-refractivity contribution in [2.75, 3.05) is 19.7 Å². The molecule has 6 rings (SSSR count). The summed E-state index contributed by atoms with van der Waals surface area (Å²) >= 11 is 0. The lowest BCUT2D eigenvalue weighted by molar-refractivity contribution is 0.318. The van der Waals surface area contributed by atoms with Crippen LogP contribution in [0.1, 0.15) is 30.9 Å². The zero-order valence-electron chi connectivity index (χ0n) is 23.5. The van der Waals surface area contributed by atoms with Crippen molar-refractivity contribution in [2.24, 2.45) is 5.73 Å². The summed E-state index contributed by atoms with van der Waals surface area (Å²) in [6.45, 7) is 5.21. The van der Waals surface area contributed by atoms with E-state index in [1.807, 2.05) is 28.8 Å². The minimum absolute atomic E-state index is 0.243. The van der Waals surface area contributed by atoms with Gasteiger partial charge in [-0.2, -0.15) is 0 Å². The molecule has 0 saturated heterocycles. The van der Waals surface area contributed by atoms with Gasteiger partial charge in [0.15, 0.2) is 0 Å². The Bertz CT molecular complexity index is 1860. The Morgan fingerprint density at radius 3 is 2.69 bits per heavy atom. The highest BCUT2D eigenvalue weighted by Gasteiger charge is 2.17. The van der Waals surface area contributed by atoms with Gasteiger partial charge in [0.05, 0.1) is 40.4 Å². The second-order valence-corrected chi connectivity index (χ2v) is 10.5. The number of H-pyrrole nitrogens is 1. The zero-order valence-corrected chi connectivity index (χ0v) is 23.5. The number of aromatic amines is 1. The predicted molar refractivity (Wildman–Crippen MR) is 164 cm³/mol. The Morgan fingerprint density at radius 2 is 1.88 bits per heavy atom. The number of allylic oxidation sites excluding steroid dienone is 2. The number of nitrogens with two attached hydrogens (primary N) is 1. The molecule has 0 amide bonds. The third-order valence-electron chi connectivity index (χ3n) is 7.40. The Kier molecular flexibility index (Phi) is 7.83. The number of nitrogens with zero attached hydrogens (tertiary/aromatic N) is 4. The van der Waals surface area contributed by atoms with E-state index in [4.69, 9.17) is 15.5 Å². The Hall–Kier alpha value is -4.76. The molecule has 0 bridgehead atoms. The second-order valence-electron chi connectivity index (χ2n) is 10.5. The topological polar surface area (TPSA) is 102 Å². The molecule has 3 heterocycles. The maximum atomic E-state index is 13.4. The number of nitrogens with one attached hydrogen (secondary N) is 1. The molecule has 0 unspecified atom stereocenters. The van der Waals surface area contributed by atoms with E-state index in [1.165, 1.54) is 17.8 Å². The molecule has 5 aromatic rings. The van der Waals surface area contributed by atoms with Gasteiger partial charge in [0, 0.05) is 25.3 Å². The van der Waals surface area contributed by atoms with Crippen molar-refractivity contribution in [1.82, 2.24) is 24.4 Å². The van der Waals surface area contributed by atoms with Crippen molar-refractivity contribution in [3.8, 4) is 17.1 Å². The fraction of sp³-hybridized carbons (Fsp3) is 0.242. The molecular formula is C33H33FN6O2. The van der Waals surface area contributed by atoms with Gasteiger partial charge in [-0.3, -0.25) is 4.79 Å². The van der Waals surface area contributed by atoms with Gasteiger partial charge in [-0.25, -0.2) is 14.4 Å². The van der Waals surface area contributed by atoms with Crippen LogP contribution < -0.4 is 16.0 Å². The van der Waals surface area contributed by atoms with Gasteiger partial charge in [-0.1, -0.05) is 37.3 Å². The summed E-state index contributed by atoms with van der Waals surface area (Å²) in [6, 6.07) is 16.1. The Labute approximate surface area is 243 Å². The molecule has 42 heavy (non-hydrogen) atoms. The van der Waals surface area contributed by atoms with Gasteiger partial charge in [0.2, 0.25) is 0 Å². The van der Waals surface area contributed by atoms with Crippen molar-refractivity contribution in [3.05, 3.63) is 112 Å². The number of fused-ring (bicyclic) bond motifs is 2. The molecule has 1 aliphatic heterocycles. The van der Waals surface area contributed by atoms with Crippen LogP contribution in [0.25, 0.3) is 33.3 Å². The Morgan fingerprint density at radius 1 is 1.05 bits per heavy atom. The van der Waals surface area contributed by atoms with Crippen LogP contribution >= 0.6 is 0 Å². The molecule has 0 atom stereocenters. The van der Waals surface area contributed by atoms with Crippen LogP contribution in [-0.4, -0.2) is 44.1 Å². The first-order valence-corrected chi connectivity index (χ1v) is 14.2. The highest BCUT2D eigenvalue weighted by molar-refractivity contribution is 5.93. The molecule has 0 fully saturated rings. The van der Waals surface area contributed by atoms with Crippen LogP contribution in [0, 0.1) is 5.82 Å². The third kappa shape index (κ3) is 5.69. The van der Waals surface area contributed by atoms with Gasteiger partial charge in [0.25, 0.3) is 5.56 Å². The van der Waals surface area contributed by atoms with Crippen molar-refractivity contribution in [1.29, 1.82) is 0 Å². The number of hydrogen-bond donors (Lipinski definition) is 2. The first kappa shape index (κ1) is 27.4. The minimum atomic E-state index is -0.278. The van der Waals surface area contributed by atoms with E-state index in [0.717, 1.165) is 47.1 Å². The van der Waals surface area contributed by atoms with Crippen LogP contribution in [-0.2, 0) is 13.1 Å². The van der Waals surface area contributed by atoms with Crippen LogP contribution in [0.5, 0.6) is 5.75 Å². The van der Waals surface area contributed by atoms with E-state index in [0.29, 0.717) is 48.7 Å². The number of halogens is 1. The number of hydrogen-bond acceptors (Lipinski definition) is 6. The van der Waals surface area contributed by atoms with E-state index in [1.54, 1.807) is 18.5 Å². The third-order valence-corrected chi connectivity index (χ3v) is 7.40. The van der Waals surface area contributed by atoms with Crippen LogP contribution in [0.4, 0.5) is 4.39 Å². The molecule has 9 heteroatoms. The summed E-state index contributed by atoms with van der Waals surface area (Å²) in [6.07, 6.45) is 9.70. The molecule has 2 aromatic heterocycles. The molecule has 1 aliphatic rings. The number of benzene rings is 3. The smallest absolute Gasteiger partial charge is 0.259 e. The average Bonchev–Trinajstić information content (AvgIpc) is 3.39. The minimum Gasteiger partial charge on any atom is -0.493 e. The standard InChI is InChI=1S/C33H33FN6O2/c1-2-15-42-31-11-8-23(20-39-14-4-3-5-25(39)12-13-35)16-27(31)32-37-28-18-29-30(17-26(28)33(41)38-32)40(21-36-29)19-22-6-9-24(34)10-7-22/h3-11,16-18,21H,2,12-15,19-20,35H2,1H3,(H,37,38,41). The highest BCUT2D eigenvalue weighted by atomic mass is 19.1. The van der Waals surface area contributed by atoms with Crippen molar-refractivity contribution >= 4 is 21.9 Å². The number of ether oxygens (including phenoxy) is 1. The lowest BCUT2D eigenvalue weighted by Gasteiger charge is -2.28. The molecule has 214 valence electrons. The van der Waals surface area contributed by atoms with E-state index < -0.39 is 0 Å². The summed E-state index contributed by atoms with van der Waals surface area (Å²) in [5.74, 6) is 0.838. The van der Waals surface area contributed by atoms with E-state index >= 15 is 0 Å². The zero-order chi connectivity index (χ0) is 29.1. The van der Waals surface area contributed by atoms with Gasteiger partial charge in [-0.05, 0) is 73.0 Å². The van der Waals surface area contributed by atoms with Crippen LogP contribution in [0.2, 0.25) is 0 Å². The second kappa shape index (κ2) is 12.0. The molecule has 3 aromatic carbocycles. The molecule has 3 N–H and O–H groups in total. The Balaban J connectivity index is 1.37. The lowest BCUT2D eigenvalue weighted by Crippen LogP contribution is -2.26. The molecule has 0 spiro atoms. The fourth-order valence-corrected chi connectivity index (χ4v) is 5.30. The highest BCUT2D eigenvalue weighted by Crippen LogP contribution is 2.31. The quantitative estimate of drug-likeness (QED) is 0.232. The van der Waals surface area contributed by atoms with Gasteiger partial charge in [-0.15, -0.1) is 0 Å². The van der Waals surface area contributed by atoms with Gasteiger partial charge in [0.1, 0.15) is 17.4 Å². The molecule has 0 saturated carbocycles. The fourth-order valence-electron chi connectivity index (χ4n) is 5.30. The summed E-state index contributed by atoms with van der Waals surface area (Å²) in [5.41, 5.74) is 11.6. The molecule has 8 nitrogen and oxygen atoms in total. The first-order chi connectivity index (χ1) is 20.5. The van der Waals surface area contributed by atoms with Crippen molar-refractivity contribution in [3.63, 3.8) is 0 Å². The van der Waals surface area contributed by atoms with Crippen molar-refractivity contribution < 1.29 is 9.13 Å². The van der Waals surface area contributed by atoms with Gasteiger partial charge >= 0.3 is 0 Å². The monoisotopic (exact) mass is 564 g/mol. The lowest BCUT2D eigenvalue weighted by atomic mass is 10.1. The average molecular weight is 565 g/mol. The summed E-state index contributed by atoms with van der Waals surface area (Å²) in [4.78, 5) is 28.2. The SMILES string of the molecule is CCCOc1ccc(CN2CC=CC=C2CCN)cc1-c1nc2cc3ncn(Cc4ccc(F)cc4)c3cc2c(=O)[nH]1. The first-order valence-electron chi connectivity index (χ1n) is 14.2. The summed E-state index contributed by atoms with van der Waals surface area (Å²) in [5, 5.41) is 0.468. The van der Waals surface area contributed by atoms with E-state index in [-0.39, 0.29) is 11.4 Å². The molecule has 0 aliphatic carbocycles. The maximum Gasteiger partial charge on any atom is 0.259 e.